The molecule has 0 aliphatic rings. The van der Waals surface area contributed by atoms with Crippen LogP contribution in [0.5, 0.6) is 0 Å². The van der Waals surface area contributed by atoms with Gasteiger partial charge >= 0.3 is 0 Å². The first kappa shape index (κ1) is 20.7. The van der Waals surface area contributed by atoms with E-state index < -0.39 is 0 Å². The number of nitrogen functional groups attached to an aromatic ring is 1. The molecular weight excluding hydrogens is 410 g/mol. The summed E-state index contributed by atoms with van der Waals surface area (Å²) in [6.45, 7) is 5.13. The molecule has 0 saturated heterocycles. The highest BCUT2D eigenvalue weighted by atomic mass is 16.1. The molecule has 0 bridgehead atoms. The van der Waals surface area contributed by atoms with Crippen LogP contribution in [0, 0.1) is 13.8 Å². The quantitative estimate of drug-likeness (QED) is 0.417. The number of anilines is 1. The van der Waals surface area contributed by atoms with Crippen molar-refractivity contribution in [2.75, 3.05) is 5.73 Å². The molecule has 33 heavy (non-hydrogen) atoms. The fourth-order valence-electron chi connectivity index (χ4n) is 4.36. The number of carbonyl (C=O) groups excluding carboxylic acids is 1. The van der Waals surface area contributed by atoms with Gasteiger partial charge in [-0.15, -0.1) is 0 Å². The number of aromatic nitrogens is 3. The fraction of sp³-hybridized carbons (Fsp3) is 0.148. The number of hydrogen-bond donors (Lipinski definition) is 2. The third-order valence-electron chi connectivity index (χ3n) is 6.19. The molecule has 0 atom stereocenters. The predicted molar refractivity (Wildman–Crippen MR) is 132 cm³/mol. The van der Waals surface area contributed by atoms with E-state index in [2.05, 4.69) is 52.7 Å². The molecule has 6 heteroatoms. The highest BCUT2D eigenvalue weighted by Gasteiger charge is 2.13. The smallest absolute Gasteiger partial charge is 0.254 e. The van der Waals surface area contributed by atoms with Gasteiger partial charge in [-0.05, 0) is 70.5 Å². The summed E-state index contributed by atoms with van der Waals surface area (Å²) >= 11 is 0. The van der Waals surface area contributed by atoms with Crippen LogP contribution >= 0.6 is 0 Å². The topological polar surface area (TPSA) is 85.8 Å². The van der Waals surface area contributed by atoms with E-state index in [1.807, 2.05) is 31.2 Å². The maximum absolute atomic E-state index is 12.8. The second-order valence-electron chi connectivity index (χ2n) is 8.38. The number of nitrogens with zero attached hydrogens (tertiary/aromatic N) is 3. The number of pyridine rings is 1. The average molecular weight is 436 g/mol. The molecule has 0 aliphatic carbocycles. The minimum atomic E-state index is -0.145. The summed E-state index contributed by atoms with van der Waals surface area (Å²) in [5, 5.41) is 11.8. The lowest BCUT2D eigenvalue weighted by Crippen LogP contribution is -2.23. The Morgan fingerprint density at radius 1 is 1.03 bits per heavy atom. The van der Waals surface area contributed by atoms with Crippen molar-refractivity contribution in [3.05, 3.63) is 101 Å². The lowest BCUT2D eigenvalue weighted by Gasteiger charge is -2.14. The van der Waals surface area contributed by atoms with Crippen LogP contribution in [0.1, 0.15) is 32.6 Å². The van der Waals surface area contributed by atoms with Gasteiger partial charge in [-0.2, -0.15) is 5.10 Å². The predicted octanol–water partition coefficient (Wildman–Crippen LogP) is 4.76. The summed E-state index contributed by atoms with van der Waals surface area (Å²) in [5.41, 5.74) is 11.0. The Hall–Kier alpha value is -4.19. The van der Waals surface area contributed by atoms with Crippen LogP contribution in [0.3, 0.4) is 0 Å². The zero-order valence-corrected chi connectivity index (χ0v) is 18.7. The first-order chi connectivity index (χ1) is 16.0. The van der Waals surface area contributed by atoms with E-state index in [-0.39, 0.29) is 5.91 Å². The molecule has 1 amide bonds. The summed E-state index contributed by atoms with van der Waals surface area (Å²) in [4.78, 5) is 17.0. The third kappa shape index (κ3) is 4.03. The largest absolute Gasteiger partial charge is 0.383 e. The highest BCUT2D eigenvalue weighted by Crippen LogP contribution is 2.28. The molecule has 6 nitrogen and oxygen atoms in total. The molecular formula is C27H25N5O. The van der Waals surface area contributed by atoms with E-state index in [1.165, 1.54) is 10.8 Å². The standard InChI is InChI=1S/C27H25N5O/c1-17-11-24-23(9-10-29-26(24)28)18(2)25(17)14-30-27(33)22-13-31-32(16-22)15-19-7-8-20-5-3-4-6-21(20)12-19/h3-13,16H,14-15H2,1-2H3,(H2,28,29)(H,30,33). The number of nitrogens with two attached hydrogens (primary N) is 1. The maximum Gasteiger partial charge on any atom is 0.254 e. The molecule has 3 N–H and O–H groups in total. The van der Waals surface area contributed by atoms with Crippen molar-refractivity contribution in [2.24, 2.45) is 0 Å². The van der Waals surface area contributed by atoms with Crippen molar-refractivity contribution in [2.45, 2.75) is 26.9 Å². The lowest BCUT2D eigenvalue weighted by molar-refractivity contribution is 0.0950. The Kier molecular flexibility index (Phi) is 5.26. The van der Waals surface area contributed by atoms with Crippen molar-refractivity contribution in [3.63, 3.8) is 0 Å². The molecule has 0 fully saturated rings. The molecule has 0 spiro atoms. The van der Waals surface area contributed by atoms with Crippen molar-refractivity contribution in [1.82, 2.24) is 20.1 Å². The Balaban J connectivity index is 1.30. The summed E-state index contributed by atoms with van der Waals surface area (Å²) < 4.78 is 1.79. The summed E-state index contributed by atoms with van der Waals surface area (Å²) in [5.74, 6) is 0.376. The van der Waals surface area contributed by atoms with E-state index in [9.17, 15) is 4.79 Å². The van der Waals surface area contributed by atoms with Crippen LogP contribution in [0.25, 0.3) is 21.5 Å². The van der Waals surface area contributed by atoms with Gasteiger partial charge in [0.2, 0.25) is 0 Å². The van der Waals surface area contributed by atoms with Crippen molar-refractivity contribution >= 4 is 33.3 Å². The van der Waals surface area contributed by atoms with E-state index in [0.29, 0.717) is 24.5 Å². The van der Waals surface area contributed by atoms with Gasteiger partial charge in [0, 0.05) is 24.3 Å². The van der Waals surface area contributed by atoms with Crippen LogP contribution in [0.15, 0.2) is 73.2 Å². The molecule has 0 unspecified atom stereocenters. The summed E-state index contributed by atoms with van der Waals surface area (Å²) in [6, 6.07) is 18.6. The average Bonchev–Trinajstić information content (AvgIpc) is 3.28. The SMILES string of the molecule is Cc1cc2c(N)nccc2c(C)c1CNC(=O)c1cnn(Cc2ccc3ccccc3c2)c1. The molecule has 5 rings (SSSR count). The minimum absolute atomic E-state index is 0.145. The van der Waals surface area contributed by atoms with Crippen molar-refractivity contribution < 1.29 is 4.79 Å². The van der Waals surface area contributed by atoms with Gasteiger partial charge in [-0.25, -0.2) is 4.98 Å². The van der Waals surface area contributed by atoms with Crippen LogP contribution in [0.4, 0.5) is 5.82 Å². The number of nitrogens with one attached hydrogen (secondary N) is 1. The van der Waals surface area contributed by atoms with E-state index >= 15 is 0 Å². The number of amides is 1. The summed E-state index contributed by atoms with van der Waals surface area (Å²) in [6.07, 6.45) is 5.12. The van der Waals surface area contributed by atoms with Gasteiger partial charge in [0.25, 0.3) is 5.91 Å². The van der Waals surface area contributed by atoms with Gasteiger partial charge < -0.3 is 11.1 Å². The Morgan fingerprint density at radius 3 is 2.70 bits per heavy atom. The van der Waals surface area contributed by atoms with Crippen LogP contribution < -0.4 is 11.1 Å². The maximum atomic E-state index is 12.8. The van der Waals surface area contributed by atoms with Crippen LogP contribution in [0.2, 0.25) is 0 Å². The number of carbonyl (C=O) groups is 1. The normalized spacial score (nSPS) is 11.2. The number of fused-ring (bicyclic) bond motifs is 2. The van der Waals surface area contributed by atoms with Gasteiger partial charge in [-0.3, -0.25) is 9.48 Å². The molecule has 2 heterocycles. The lowest BCUT2D eigenvalue weighted by atomic mass is 9.96. The fourth-order valence-corrected chi connectivity index (χ4v) is 4.36. The van der Waals surface area contributed by atoms with Gasteiger partial charge in [0.1, 0.15) is 5.82 Å². The molecule has 2 aromatic heterocycles. The van der Waals surface area contributed by atoms with E-state index in [4.69, 9.17) is 5.73 Å². The monoisotopic (exact) mass is 435 g/mol. The van der Waals surface area contributed by atoms with Crippen molar-refractivity contribution in [3.8, 4) is 0 Å². The minimum Gasteiger partial charge on any atom is -0.383 e. The molecule has 0 saturated carbocycles. The highest BCUT2D eigenvalue weighted by molar-refractivity contribution is 5.95. The van der Waals surface area contributed by atoms with E-state index in [0.717, 1.165) is 33.0 Å². The molecule has 5 aromatic rings. The number of benzene rings is 3. The second-order valence-corrected chi connectivity index (χ2v) is 8.38. The molecule has 0 radical (unpaired) electrons. The van der Waals surface area contributed by atoms with Gasteiger partial charge in [0.15, 0.2) is 0 Å². The first-order valence-corrected chi connectivity index (χ1v) is 10.9. The third-order valence-corrected chi connectivity index (χ3v) is 6.19. The number of rotatable bonds is 5. The van der Waals surface area contributed by atoms with Gasteiger partial charge in [-0.1, -0.05) is 36.4 Å². The Morgan fingerprint density at radius 2 is 1.85 bits per heavy atom. The molecule has 0 aliphatic heterocycles. The van der Waals surface area contributed by atoms with Crippen LogP contribution in [-0.4, -0.2) is 20.7 Å². The number of aryl methyl sites for hydroxylation is 2. The zero-order valence-electron chi connectivity index (χ0n) is 18.7. The van der Waals surface area contributed by atoms with Crippen molar-refractivity contribution in [1.29, 1.82) is 0 Å². The molecule has 164 valence electrons. The van der Waals surface area contributed by atoms with E-state index in [1.54, 1.807) is 23.3 Å². The second kappa shape index (κ2) is 8.39. The first-order valence-electron chi connectivity index (χ1n) is 10.9. The summed E-state index contributed by atoms with van der Waals surface area (Å²) in [7, 11) is 0. The zero-order chi connectivity index (χ0) is 22.9. The van der Waals surface area contributed by atoms with Gasteiger partial charge in [0.05, 0.1) is 18.3 Å². The van der Waals surface area contributed by atoms with Crippen LogP contribution in [-0.2, 0) is 13.1 Å². The Bertz CT molecular complexity index is 1500. The Labute approximate surface area is 192 Å². The number of hydrogen-bond acceptors (Lipinski definition) is 4. The molecule has 3 aromatic carbocycles.